The van der Waals surface area contributed by atoms with E-state index >= 15 is 0 Å². The smallest absolute Gasteiger partial charge is 0.327 e. The molecule has 4 heteroatoms. The molecule has 1 atom stereocenters. The molecule has 0 aliphatic heterocycles. The number of methoxy groups -OCH3 is 1. The van der Waals surface area contributed by atoms with E-state index in [-0.39, 0.29) is 11.7 Å². The van der Waals surface area contributed by atoms with E-state index in [4.69, 9.17) is 4.74 Å². The molecule has 1 aromatic rings. The van der Waals surface area contributed by atoms with Crippen molar-refractivity contribution in [1.82, 2.24) is 5.32 Å². The molecule has 2 N–H and O–H groups in total. The summed E-state index contributed by atoms with van der Waals surface area (Å²) in [5.74, 6) is 0.593. The van der Waals surface area contributed by atoms with Crippen molar-refractivity contribution >= 4 is 5.97 Å². The van der Waals surface area contributed by atoms with Gasteiger partial charge in [0, 0.05) is 0 Å². The number of phenols is 1. The van der Waals surface area contributed by atoms with Crippen LogP contribution in [0.25, 0.3) is 0 Å². The van der Waals surface area contributed by atoms with E-state index < -0.39 is 6.04 Å². The minimum Gasteiger partial charge on any atom is -0.508 e. The summed E-state index contributed by atoms with van der Waals surface area (Å²) in [6.45, 7) is 0.834. The number of nitrogens with one attached hydrogen (secondary N) is 1. The van der Waals surface area contributed by atoms with Gasteiger partial charge in [-0.3, -0.25) is 0 Å². The zero-order valence-corrected chi connectivity index (χ0v) is 9.85. The Hall–Kier alpha value is -1.55. The number of hydrogen-bond donors (Lipinski definition) is 2. The summed E-state index contributed by atoms with van der Waals surface area (Å²) in [6, 6.07) is 6.17. The first kappa shape index (κ1) is 11.9. The number of carbonyl (C=O) groups excluding carboxylic acids is 1. The molecular formula is C13H17NO3. The van der Waals surface area contributed by atoms with Crippen molar-refractivity contribution in [3.05, 3.63) is 29.8 Å². The van der Waals surface area contributed by atoms with Crippen molar-refractivity contribution in [2.45, 2.75) is 18.9 Å². The van der Waals surface area contributed by atoms with Crippen LogP contribution in [-0.4, -0.2) is 24.7 Å². The van der Waals surface area contributed by atoms with Gasteiger partial charge < -0.3 is 15.2 Å². The molecule has 4 nitrogen and oxygen atoms in total. The Kier molecular flexibility index (Phi) is 3.64. The average molecular weight is 235 g/mol. The lowest BCUT2D eigenvalue weighted by Gasteiger charge is -2.16. The molecular weight excluding hydrogens is 218 g/mol. The lowest BCUT2D eigenvalue weighted by Crippen LogP contribution is -2.31. The van der Waals surface area contributed by atoms with Crippen LogP contribution in [0.3, 0.4) is 0 Å². The van der Waals surface area contributed by atoms with Gasteiger partial charge in [-0.2, -0.15) is 0 Å². The van der Waals surface area contributed by atoms with Crippen LogP contribution >= 0.6 is 0 Å². The lowest BCUT2D eigenvalue weighted by molar-refractivity contribution is -0.143. The summed E-state index contributed by atoms with van der Waals surface area (Å²) in [5.41, 5.74) is 0.815. The molecule has 1 fully saturated rings. The fourth-order valence-electron chi connectivity index (χ4n) is 1.73. The van der Waals surface area contributed by atoms with Gasteiger partial charge in [-0.25, -0.2) is 4.79 Å². The quantitative estimate of drug-likeness (QED) is 0.761. The summed E-state index contributed by atoms with van der Waals surface area (Å²) in [6.07, 6.45) is 2.47. The first-order valence-electron chi connectivity index (χ1n) is 5.81. The fourth-order valence-corrected chi connectivity index (χ4v) is 1.73. The second-order valence-electron chi connectivity index (χ2n) is 4.40. The molecule has 0 aromatic heterocycles. The number of rotatable bonds is 5. The van der Waals surface area contributed by atoms with Gasteiger partial charge in [0.2, 0.25) is 0 Å². The van der Waals surface area contributed by atoms with Gasteiger partial charge in [-0.05, 0) is 43.0 Å². The molecule has 2 rings (SSSR count). The van der Waals surface area contributed by atoms with E-state index in [1.807, 2.05) is 0 Å². The summed E-state index contributed by atoms with van der Waals surface area (Å²) in [5, 5.41) is 12.4. The van der Waals surface area contributed by atoms with Crippen LogP contribution in [0, 0.1) is 5.92 Å². The maximum Gasteiger partial charge on any atom is 0.327 e. The second kappa shape index (κ2) is 5.19. The Balaban J connectivity index is 2.07. The molecule has 92 valence electrons. The maximum absolute atomic E-state index is 11.7. The van der Waals surface area contributed by atoms with Crippen molar-refractivity contribution < 1.29 is 14.6 Å². The highest BCUT2D eigenvalue weighted by Crippen LogP contribution is 2.29. The van der Waals surface area contributed by atoms with E-state index in [1.54, 1.807) is 24.3 Å². The molecule has 0 spiro atoms. The molecule has 0 bridgehead atoms. The largest absolute Gasteiger partial charge is 0.508 e. The van der Waals surface area contributed by atoms with E-state index in [0.717, 1.165) is 12.1 Å². The second-order valence-corrected chi connectivity index (χ2v) is 4.40. The SMILES string of the molecule is COC(=O)C(NCC1CC1)c1ccc(O)cc1. The van der Waals surface area contributed by atoms with Gasteiger partial charge in [0.1, 0.15) is 11.8 Å². The Labute approximate surface area is 101 Å². The zero-order valence-electron chi connectivity index (χ0n) is 9.85. The Bertz CT molecular complexity index is 384. The van der Waals surface area contributed by atoms with Crippen LogP contribution in [0.1, 0.15) is 24.4 Å². The minimum absolute atomic E-state index is 0.194. The topological polar surface area (TPSA) is 58.6 Å². The summed E-state index contributed by atoms with van der Waals surface area (Å²) < 4.78 is 4.79. The highest BCUT2D eigenvalue weighted by atomic mass is 16.5. The molecule has 1 aliphatic carbocycles. The lowest BCUT2D eigenvalue weighted by atomic mass is 10.1. The number of hydrogen-bond acceptors (Lipinski definition) is 4. The molecule has 0 amide bonds. The number of phenolic OH excluding ortho intramolecular Hbond substituents is 1. The van der Waals surface area contributed by atoms with Crippen LogP contribution < -0.4 is 5.32 Å². The molecule has 1 aliphatic rings. The molecule has 0 radical (unpaired) electrons. The van der Waals surface area contributed by atoms with Crippen molar-refractivity contribution in [3.8, 4) is 5.75 Å². The third kappa shape index (κ3) is 3.20. The first-order chi connectivity index (χ1) is 8.20. The average Bonchev–Trinajstić information content (AvgIpc) is 3.15. The van der Waals surface area contributed by atoms with Crippen LogP contribution in [0.2, 0.25) is 0 Å². The summed E-state index contributed by atoms with van der Waals surface area (Å²) >= 11 is 0. The highest BCUT2D eigenvalue weighted by Gasteiger charge is 2.26. The van der Waals surface area contributed by atoms with E-state index in [0.29, 0.717) is 5.92 Å². The first-order valence-corrected chi connectivity index (χ1v) is 5.81. The molecule has 17 heavy (non-hydrogen) atoms. The van der Waals surface area contributed by atoms with Gasteiger partial charge in [0.15, 0.2) is 0 Å². The highest BCUT2D eigenvalue weighted by molar-refractivity contribution is 5.77. The molecule has 0 saturated heterocycles. The minimum atomic E-state index is -0.443. The Morgan fingerprint density at radius 3 is 2.65 bits per heavy atom. The molecule has 1 unspecified atom stereocenters. The van der Waals surface area contributed by atoms with Crippen molar-refractivity contribution in [3.63, 3.8) is 0 Å². The van der Waals surface area contributed by atoms with E-state index in [2.05, 4.69) is 5.32 Å². The monoisotopic (exact) mass is 235 g/mol. The van der Waals surface area contributed by atoms with Crippen LogP contribution in [0.15, 0.2) is 24.3 Å². The molecule has 1 aromatic carbocycles. The number of ether oxygens (including phenoxy) is 1. The van der Waals surface area contributed by atoms with Crippen LogP contribution in [0.4, 0.5) is 0 Å². The zero-order chi connectivity index (χ0) is 12.3. The van der Waals surface area contributed by atoms with Crippen molar-refractivity contribution in [1.29, 1.82) is 0 Å². The normalized spacial score (nSPS) is 16.5. The van der Waals surface area contributed by atoms with Gasteiger partial charge in [-0.15, -0.1) is 0 Å². The molecule has 0 heterocycles. The molecule has 1 saturated carbocycles. The van der Waals surface area contributed by atoms with E-state index in [9.17, 15) is 9.90 Å². The Morgan fingerprint density at radius 2 is 2.12 bits per heavy atom. The summed E-state index contributed by atoms with van der Waals surface area (Å²) in [7, 11) is 1.38. The third-order valence-electron chi connectivity index (χ3n) is 2.97. The Morgan fingerprint density at radius 1 is 1.47 bits per heavy atom. The fraction of sp³-hybridized carbons (Fsp3) is 0.462. The third-order valence-corrected chi connectivity index (χ3v) is 2.97. The van der Waals surface area contributed by atoms with Gasteiger partial charge in [0.25, 0.3) is 0 Å². The van der Waals surface area contributed by atoms with Crippen LogP contribution in [0.5, 0.6) is 5.75 Å². The van der Waals surface area contributed by atoms with Gasteiger partial charge in [0.05, 0.1) is 7.11 Å². The summed E-state index contributed by atoms with van der Waals surface area (Å²) in [4.78, 5) is 11.7. The van der Waals surface area contributed by atoms with Gasteiger partial charge >= 0.3 is 5.97 Å². The van der Waals surface area contributed by atoms with Crippen molar-refractivity contribution in [2.24, 2.45) is 5.92 Å². The predicted molar refractivity (Wildman–Crippen MR) is 63.6 cm³/mol. The maximum atomic E-state index is 11.7. The number of benzene rings is 1. The number of aromatic hydroxyl groups is 1. The predicted octanol–water partition coefficient (Wildman–Crippen LogP) is 1.61. The van der Waals surface area contributed by atoms with Crippen LogP contribution in [-0.2, 0) is 9.53 Å². The van der Waals surface area contributed by atoms with E-state index in [1.165, 1.54) is 20.0 Å². The number of esters is 1. The van der Waals surface area contributed by atoms with Gasteiger partial charge in [-0.1, -0.05) is 12.1 Å². The van der Waals surface area contributed by atoms with Crippen molar-refractivity contribution in [2.75, 3.05) is 13.7 Å². The standard InChI is InChI=1S/C13H17NO3/c1-17-13(16)12(14-8-9-2-3-9)10-4-6-11(15)7-5-10/h4-7,9,12,14-15H,2-3,8H2,1H3. The number of carbonyl (C=O) groups is 1.